The number of methoxy groups -OCH3 is 1. The predicted molar refractivity (Wildman–Crippen MR) is 61.9 cm³/mol. The number of rotatable bonds is 10. The summed E-state index contributed by atoms with van der Waals surface area (Å²) in [7, 11) is 1.61. The highest BCUT2D eigenvalue weighted by Gasteiger charge is 2.01. The Balaban J connectivity index is 3.22. The first-order valence-corrected chi connectivity index (χ1v) is 5.17. The highest BCUT2D eigenvalue weighted by Crippen LogP contribution is 1.92. The summed E-state index contributed by atoms with van der Waals surface area (Å²) in [6, 6.07) is 1.73. The zero-order chi connectivity index (χ0) is 12.9. The smallest absolute Gasteiger partial charge is 0.223 e. The third-order valence-electron chi connectivity index (χ3n) is 1.69. The Kier molecular flexibility index (Phi) is 10.2. The van der Waals surface area contributed by atoms with E-state index in [1.165, 1.54) is 0 Å². The van der Waals surface area contributed by atoms with Gasteiger partial charge in [-0.25, -0.2) is 0 Å². The number of hydrogen-bond donors (Lipinski definition) is 1. The molecule has 96 valence electrons. The van der Waals surface area contributed by atoms with Crippen molar-refractivity contribution in [3.63, 3.8) is 0 Å². The number of nitrogens with zero attached hydrogens (tertiary/aromatic N) is 1. The molecule has 0 aromatic carbocycles. The monoisotopic (exact) mass is 242 g/mol. The molecular formula is C11H18N2O4. The second-order valence-corrected chi connectivity index (χ2v) is 2.99. The molecule has 0 aliphatic heterocycles. The second-order valence-electron chi connectivity index (χ2n) is 2.99. The lowest BCUT2D eigenvalue weighted by molar-refractivity contribution is 0.0170. The van der Waals surface area contributed by atoms with Crippen molar-refractivity contribution in [2.45, 2.75) is 0 Å². The van der Waals surface area contributed by atoms with E-state index < -0.39 is 0 Å². The fourth-order valence-electron chi connectivity index (χ4n) is 0.805. The Hall–Kier alpha value is -1.42. The summed E-state index contributed by atoms with van der Waals surface area (Å²) in [6.45, 7) is 5.97. The molecule has 0 aromatic heterocycles. The molecule has 0 saturated carbocycles. The number of nitriles is 1. The van der Waals surface area contributed by atoms with E-state index in [4.69, 9.17) is 29.6 Å². The van der Waals surface area contributed by atoms with Crippen LogP contribution in [-0.4, -0.2) is 52.6 Å². The fraction of sp³-hybridized carbons (Fsp3) is 0.636. The van der Waals surface area contributed by atoms with E-state index in [1.807, 2.05) is 0 Å². The number of nitrogens with one attached hydrogen (secondary N) is 1. The molecule has 0 atom stereocenters. The molecule has 0 aliphatic rings. The third-order valence-corrected chi connectivity index (χ3v) is 1.69. The Bertz CT molecular complexity index is 273. The average molecular weight is 242 g/mol. The maximum Gasteiger partial charge on any atom is 0.223 e. The molecule has 17 heavy (non-hydrogen) atoms. The minimum absolute atomic E-state index is 0.00731. The summed E-state index contributed by atoms with van der Waals surface area (Å²) in [4.78, 5) is 0. The highest BCUT2D eigenvalue weighted by molar-refractivity contribution is 5.94. The summed E-state index contributed by atoms with van der Waals surface area (Å²) in [6.07, 6.45) is 0. The normalized spacial score (nSPS) is 9.65. The van der Waals surface area contributed by atoms with Crippen LogP contribution in [0.3, 0.4) is 0 Å². The molecule has 0 rings (SSSR count). The Morgan fingerprint density at radius 1 is 1.12 bits per heavy atom. The van der Waals surface area contributed by atoms with Gasteiger partial charge in [0.15, 0.2) is 0 Å². The first-order valence-electron chi connectivity index (χ1n) is 5.17. The van der Waals surface area contributed by atoms with Crippen molar-refractivity contribution >= 4 is 5.90 Å². The van der Waals surface area contributed by atoms with Crippen LogP contribution in [0.2, 0.25) is 0 Å². The zero-order valence-corrected chi connectivity index (χ0v) is 10.0. The van der Waals surface area contributed by atoms with Crippen molar-refractivity contribution in [3.8, 4) is 6.07 Å². The number of ether oxygens (including phenoxy) is 4. The highest BCUT2D eigenvalue weighted by atomic mass is 16.6. The van der Waals surface area contributed by atoms with Crippen molar-refractivity contribution in [2.75, 3.05) is 46.8 Å². The van der Waals surface area contributed by atoms with Gasteiger partial charge < -0.3 is 18.9 Å². The van der Waals surface area contributed by atoms with E-state index in [9.17, 15) is 0 Å². The molecule has 0 aliphatic carbocycles. The summed E-state index contributed by atoms with van der Waals surface area (Å²) in [5, 5.41) is 15.7. The standard InChI is InChI=1S/C11H18N2O4/c1-10(9-12)11(13)17-8-7-16-6-5-15-4-3-14-2/h13H,1,3-8H2,2H3. The Morgan fingerprint density at radius 2 is 1.65 bits per heavy atom. The molecule has 1 N–H and O–H groups in total. The van der Waals surface area contributed by atoms with Gasteiger partial charge in [-0.15, -0.1) is 0 Å². The lowest BCUT2D eigenvalue weighted by atomic mass is 10.3. The summed E-state index contributed by atoms with van der Waals surface area (Å²) in [5.74, 6) is -0.215. The van der Waals surface area contributed by atoms with Crippen molar-refractivity contribution < 1.29 is 18.9 Å². The van der Waals surface area contributed by atoms with Gasteiger partial charge in [0.05, 0.1) is 33.0 Å². The lowest BCUT2D eigenvalue weighted by Crippen LogP contribution is -2.13. The molecule has 0 unspecified atom stereocenters. The summed E-state index contributed by atoms with van der Waals surface area (Å²) < 4.78 is 20.1. The zero-order valence-electron chi connectivity index (χ0n) is 10.0. The minimum atomic E-state index is -0.215. The summed E-state index contributed by atoms with van der Waals surface area (Å²) in [5.41, 5.74) is 0.00731. The van der Waals surface area contributed by atoms with Gasteiger partial charge in [-0.3, -0.25) is 5.41 Å². The van der Waals surface area contributed by atoms with Crippen molar-refractivity contribution in [3.05, 3.63) is 12.2 Å². The molecule has 0 heterocycles. The van der Waals surface area contributed by atoms with Crippen LogP contribution in [0.1, 0.15) is 0 Å². The maximum atomic E-state index is 8.42. The van der Waals surface area contributed by atoms with Gasteiger partial charge in [0, 0.05) is 7.11 Å². The third kappa shape index (κ3) is 9.51. The predicted octanol–water partition coefficient (Wildman–Crippen LogP) is 0.740. The molecule has 0 spiro atoms. The Labute approximate surface area is 101 Å². The van der Waals surface area contributed by atoms with Crippen molar-refractivity contribution in [1.82, 2.24) is 0 Å². The molecule has 0 saturated heterocycles. The van der Waals surface area contributed by atoms with Gasteiger partial charge in [0.1, 0.15) is 18.2 Å². The van der Waals surface area contributed by atoms with Gasteiger partial charge >= 0.3 is 0 Å². The van der Waals surface area contributed by atoms with Crippen LogP contribution in [0.5, 0.6) is 0 Å². The topological polar surface area (TPSA) is 84.6 Å². The second kappa shape index (κ2) is 11.1. The van der Waals surface area contributed by atoms with Crippen LogP contribution in [-0.2, 0) is 18.9 Å². The van der Waals surface area contributed by atoms with Crippen molar-refractivity contribution in [2.24, 2.45) is 0 Å². The Morgan fingerprint density at radius 3 is 2.18 bits per heavy atom. The molecule has 0 amide bonds. The van der Waals surface area contributed by atoms with E-state index >= 15 is 0 Å². The van der Waals surface area contributed by atoms with Gasteiger partial charge in [-0.05, 0) is 0 Å². The number of hydrogen-bond acceptors (Lipinski definition) is 6. The quantitative estimate of drug-likeness (QED) is 0.264. The van der Waals surface area contributed by atoms with Crippen LogP contribution in [0, 0.1) is 16.7 Å². The van der Waals surface area contributed by atoms with Gasteiger partial charge in [0.25, 0.3) is 0 Å². The molecule has 0 bridgehead atoms. The van der Waals surface area contributed by atoms with E-state index in [1.54, 1.807) is 13.2 Å². The molecule has 6 heteroatoms. The largest absolute Gasteiger partial charge is 0.475 e. The van der Waals surface area contributed by atoms with Gasteiger partial charge in [0.2, 0.25) is 5.90 Å². The summed E-state index contributed by atoms with van der Waals surface area (Å²) >= 11 is 0. The van der Waals surface area contributed by atoms with Crippen LogP contribution in [0.15, 0.2) is 12.2 Å². The van der Waals surface area contributed by atoms with Crippen LogP contribution < -0.4 is 0 Å². The van der Waals surface area contributed by atoms with Gasteiger partial charge in [-0.2, -0.15) is 5.26 Å². The fourth-order valence-corrected chi connectivity index (χ4v) is 0.805. The first-order chi connectivity index (χ1) is 8.22. The van der Waals surface area contributed by atoms with Crippen molar-refractivity contribution in [1.29, 1.82) is 10.7 Å². The lowest BCUT2D eigenvalue weighted by Gasteiger charge is -2.07. The van der Waals surface area contributed by atoms with E-state index in [-0.39, 0.29) is 18.1 Å². The molecule has 0 aromatic rings. The van der Waals surface area contributed by atoms with Crippen LogP contribution >= 0.6 is 0 Å². The molecule has 0 fully saturated rings. The van der Waals surface area contributed by atoms with Crippen LogP contribution in [0.4, 0.5) is 0 Å². The van der Waals surface area contributed by atoms with Crippen LogP contribution in [0.25, 0.3) is 0 Å². The molecule has 6 nitrogen and oxygen atoms in total. The molecule has 0 radical (unpaired) electrons. The van der Waals surface area contributed by atoms with E-state index in [0.717, 1.165) is 0 Å². The van der Waals surface area contributed by atoms with Gasteiger partial charge in [-0.1, -0.05) is 6.58 Å². The average Bonchev–Trinajstić information content (AvgIpc) is 2.35. The molecular weight excluding hydrogens is 224 g/mol. The first kappa shape index (κ1) is 15.6. The SMILES string of the molecule is C=C(C#N)C(=N)OCCOCCOCCOC. The minimum Gasteiger partial charge on any atom is -0.475 e. The van der Waals surface area contributed by atoms with E-state index in [0.29, 0.717) is 33.0 Å². The van der Waals surface area contributed by atoms with E-state index in [2.05, 4.69) is 6.58 Å². The maximum absolute atomic E-state index is 8.42.